The Morgan fingerprint density at radius 1 is 1.40 bits per heavy atom. The number of benzene rings is 1. The molecule has 1 fully saturated rings. The fourth-order valence-corrected chi connectivity index (χ4v) is 2.53. The second-order valence-corrected chi connectivity index (χ2v) is 5.12. The standard InChI is InChI=1S/C14H17F3N2O/c1-9-6-7-19(8-9)13(20)10-4-3-5-11(12(10)18-2)14(15,16)17/h3-5,9,18H,6-8H2,1-2H3. The van der Waals surface area contributed by atoms with Gasteiger partial charge in [-0.1, -0.05) is 13.0 Å². The first kappa shape index (κ1) is 14.7. The molecule has 0 aliphatic carbocycles. The fourth-order valence-electron chi connectivity index (χ4n) is 2.53. The molecule has 6 heteroatoms. The molecule has 1 saturated heterocycles. The molecular weight excluding hydrogens is 269 g/mol. The number of anilines is 1. The van der Waals surface area contributed by atoms with Crippen LogP contribution in [0.2, 0.25) is 0 Å². The second-order valence-electron chi connectivity index (χ2n) is 5.12. The van der Waals surface area contributed by atoms with Gasteiger partial charge in [0.2, 0.25) is 0 Å². The zero-order valence-corrected chi connectivity index (χ0v) is 11.4. The number of hydrogen-bond acceptors (Lipinski definition) is 2. The largest absolute Gasteiger partial charge is 0.418 e. The minimum absolute atomic E-state index is 0.0800. The van der Waals surface area contributed by atoms with E-state index in [1.54, 1.807) is 4.90 Å². The van der Waals surface area contributed by atoms with Crippen molar-refractivity contribution in [3.63, 3.8) is 0 Å². The molecule has 1 atom stereocenters. The van der Waals surface area contributed by atoms with Crippen LogP contribution in [-0.2, 0) is 6.18 Å². The van der Waals surface area contributed by atoms with Crippen LogP contribution < -0.4 is 5.32 Å². The molecule has 110 valence electrons. The summed E-state index contributed by atoms with van der Waals surface area (Å²) in [4.78, 5) is 14.0. The van der Waals surface area contributed by atoms with Gasteiger partial charge in [0.05, 0.1) is 16.8 Å². The number of likely N-dealkylation sites (tertiary alicyclic amines) is 1. The van der Waals surface area contributed by atoms with Crippen molar-refractivity contribution in [2.24, 2.45) is 5.92 Å². The summed E-state index contributed by atoms with van der Waals surface area (Å²) in [6, 6.07) is 3.69. The minimum atomic E-state index is -4.48. The van der Waals surface area contributed by atoms with Gasteiger partial charge < -0.3 is 10.2 Å². The van der Waals surface area contributed by atoms with E-state index in [0.29, 0.717) is 19.0 Å². The summed E-state index contributed by atoms with van der Waals surface area (Å²) in [6.45, 7) is 3.22. The quantitative estimate of drug-likeness (QED) is 0.905. The van der Waals surface area contributed by atoms with Gasteiger partial charge in [-0.2, -0.15) is 13.2 Å². The van der Waals surface area contributed by atoms with Crippen molar-refractivity contribution < 1.29 is 18.0 Å². The zero-order valence-electron chi connectivity index (χ0n) is 11.4. The number of carbonyl (C=O) groups is 1. The average Bonchev–Trinajstić information content (AvgIpc) is 2.82. The normalized spacial score (nSPS) is 19.2. The summed E-state index contributed by atoms with van der Waals surface area (Å²) < 4.78 is 38.9. The van der Waals surface area contributed by atoms with Gasteiger partial charge >= 0.3 is 6.18 Å². The van der Waals surface area contributed by atoms with Crippen molar-refractivity contribution >= 4 is 11.6 Å². The lowest BCUT2D eigenvalue weighted by Crippen LogP contribution is -2.29. The van der Waals surface area contributed by atoms with Crippen molar-refractivity contribution in [1.29, 1.82) is 0 Å². The Hall–Kier alpha value is -1.72. The number of rotatable bonds is 2. The number of nitrogens with zero attached hydrogens (tertiary/aromatic N) is 1. The first-order chi connectivity index (χ1) is 9.34. The molecule has 1 aliphatic rings. The van der Waals surface area contributed by atoms with Crippen molar-refractivity contribution in [3.05, 3.63) is 29.3 Å². The topological polar surface area (TPSA) is 32.3 Å². The molecule has 1 N–H and O–H groups in total. The summed E-state index contributed by atoms with van der Waals surface area (Å²) >= 11 is 0. The van der Waals surface area contributed by atoms with Gasteiger partial charge in [-0.15, -0.1) is 0 Å². The van der Waals surface area contributed by atoms with Crippen LogP contribution in [0.25, 0.3) is 0 Å². The van der Waals surface area contributed by atoms with Gasteiger partial charge in [0.1, 0.15) is 0 Å². The molecule has 0 spiro atoms. The molecule has 3 nitrogen and oxygen atoms in total. The molecule has 0 bridgehead atoms. The van der Waals surface area contributed by atoms with E-state index in [9.17, 15) is 18.0 Å². The number of halogens is 3. The molecule has 1 aromatic carbocycles. The Labute approximate surface area is 115 Å². The molecule has 1 aromatic rings. The van der Waals surface area contributed by atoms with E-state index in [1.165, 1.54) is 19.2 Å². The SMILES string of the molecule is CNc1c(C(=O)N2CCC(C)C2)cccc1C(F)(F)F. The highest BCUT2D eigenvalue weighted by atomic mass is 19.4. The lowest BCUT2D eigenvalue weighted by molar-refractivity contribution is -0.136. The predicted octanol–water partition coefficient (Wildman–Crippen LogP) is 3.23. The molecule has 1 unspecified atom stereocenters. The lowest BCUT2D eigenvalue weighted by atomic mass is 10.1. The van der Waals surface area contributed by atoms with Crippen LogP contribution >= 0.6 is 0 Å². The Kier molecular flexibility index (Phi) is 3.92. The van der Waals surface area contributed by atoms with Crippen LogP contribution in [0.1, 0.15) is 29.3 Å². The van der Waals surface area contributed by atoms with Crippen LogP contribution in [0.3, 0.4) is 0 Å². The first-order valence-electron chi connectivity index (χ1n) is 6.51. The Balaban J connectivity index is 2.39. The van der Waals surface area contributed by atoms with Crippen LogP contribution in [0.5, 0.6) is 0 Å². The van der Waals surface area contributed by atoms with Crippen molar-refractivity contribution in [2.75, 3.05) is 25.5 Å². The van der Waals surface area contributed by atoms with E-state index in [-0.39, 0.29) is 17.2 Å². The number of amides is 1. The van der Waals surface area contributed by atoms with E-state index in [4.69, 9.17) is 0 Å². The number of para-hydroxylation sites is 1. The second kappa shape index (κ2) is 5.34. The highest BCUT2D eigenvalue weighted by Crippen LogP contribution is 2.37. The molecule has 1 aliphatic heterocycles. The van der Waals surface area contributed by atoms with E-state index in [2.05, 4.69) is 5.32 Å². The van der Waals surface area contributed by atoms with Gasteiger partial charge in [0.15, 0.2) is 0 Å². The summed E-state index contributed by atoms with van der Waals surface area (Å²) in [5.41, 5.74) is -0.876. The number of hydrogen-bond donors (Lipinski definition) is 1. The molecule has 0 radical (unpaired) electrons. The maximum atomic E-state index is 13.0. The van der Waals surface area contributed by atoms with Gasteiger partial charge in [-0.25, -0.2) is 0 Å². The number of carbonyl (C=O) groups excluding carboxylic acids is 1. The van der Waals surface area contributed by atoms with Crippen molar-refractivity contribution in [3.8, 4) is 0 Å². The molecule has 20 heavy (non-hydrogen) atoms. The van der Waals surface area contributed by atoms with E-state index in [0.717, 1.165) is 12.5 Å². The smallest absolute Gasteiger partial charge is 0.387 e. The lowest BCUT2D eigenvalue weighted by Gasteiger charge is -2.20. The van der Waals surface area contributed by atoms with Crippen molar-refractivity contribution in [2.45, 2.75) is 19.5 Å². The summed E-state index contributed by atoms with van der Waals surface area (Å²) in [5.74, 6) is 0.0487. The van der Waals surface area contributed by atoms with Gasteiger partial charge in [-0.05, 0) is 24.5 Å². The minimum Gasteiger partial charge on any atom is -0.387 e. The Morgan fingerprint density at radius 3 is 2.60 bits per heavy atom. The number of alkyl halides is 3. The maximum absolute atomic E-state index is 13.0. The molecule has 2 rings (SSSR count). The highest BCUT2D eigenvalue weighted by molar-refractivity contribution is 6.00. The third-order valence-corrected chi connectivity index (χ3v) is 3.56. The van der Waals surface area contributed by atoms with Crippen LogP contribution in [0.15, 0.2) is 18.2 Å². The Morgan fingerprint density at radius 2 is 2.10 bits per heavy atom. The predicted molar refractivity (Wildman–Crippen MR) is 70.7 cm³/mol. The third-order valence-electron chi connectivity index (χ3n) is 3.56. The zero-order chi connectivity index (χ0) is 14.9. The number of nitrogens with one attached hydrogen (secondary N) is 1. The maximum Gasteiger partial charge on any atom is 0.418 e. The van der Waals surface area contributed by atoms with Gasteiger partial charge in [0.25, 0.3) is 5.91 Å². The van der Waals surface area contributed by atoms with Crippen LogP contribution in [-0.4, -0.2) is 30.9 Å². The van der Waals surface area contributed by atoms with Crippen molar-refractivity contribution in [1.82, 2.24) is 4.90 Å². The Bertz CT molecular complexity index is 514. The van der Waals surface area contributed by atoms with E-state index in [1.807, 2.05) is 6.92 Å². The summed E-state index contributed by atoms with van der Waals surface area (Å²) in [7, 11) is 1.40. The van der Waals surface area contributed by atoms with Crippen LogP contribution in [0.4, 0.5) is 18.9 Å². The molecule has 0 saturated carbocycles. The van der Waals surface area contributed by atoms with Gasteiger partial charge in [0, 0.05) is 20.1 Å². The molecule has 0 aromatic heterocycles. The van der Waals surface area contributed by atoms with Gasteiger partial charge in [-0.3, -0.25) is 4.79 Å². The summed E-state index contributed by atoms with van der Waals surface area (Å²) in [6.07, 6.45) is -3.59. The van der Waals surface area contributed by atoms with E-state index < -0.39 is 11.7 Å². The summed E-state index contributed by atoms with van der Waals surface area (Å²) in [5, 5.41) is 2.52. The molecular formula is C14H17F3N2O. The third kappa shape index (κ3) is 2.73. The monoisotopic (exact) mass is 286 g/mol. The van der Waals surface area contributed by atoms with E-state index >= 15 is 0 Å². The highest BCUT2D eigenvalue weighted by Gasteiger charge is 2.36. The average molecular weight is 286 g/mol. The molecule has 1 heterocycles. The van der Waals surface area contributed by atoms with Crippen LogP contribution in [0, 0.1) is 5.92 Å². The first-order valence-corrected chi connectivity index (χ1v) is 6.51. The fraction of sp³-hybridized carbons (Fsp3) is 0.500. The molecule has 1 amide bonds.